The lowest BCUT2D eigenvalue weighted by molar-refractivity contribution is -0.0500. The molecule has 3 aromatic rings. The van der Waals surface area contributed by atoms with Crippen LogP contribution in [0, 0.1) is 5.82 Å². The number of sulfonamides is 1. The molecule has 0 fully saturated rings. The average molecular weight is 524 g/mol. The molecule has 0 aliphatic carbocycles. The second-order valence-electron chi connectivity index (χ2n) is 6.84. The molecule has 1 N–H and O–H groups in total. The van der Waals surface area contributed by atoms with Gasteiger partial charge in [0.05, 0.1) is 17.9 Å². The maximum Gasteiger partial charge on any atom is 0.387 e. The van der Waals surface area contributed by atoms with Crippen LogP contribution in [0.15, 0.2) is 35.0 Å². The van der Waals surface area contributed by atoms with Crippen LogP contribution in [0.4, 0.5) is 27.9 Å². The fourth-order valence-corrected chi connectivity index (χ4v) is 3.11. The molecule has 0 radical (unpaired) electrons. The fraction of sp³-hybridized carbons (Fsp3) is 0.368. The Morgan fingerprint density at radius 2 is 1.80 bits per heavy atom. The highest BCUT2D eigenvalue weighted by molar-refractivity contribution is 7.88. The molecule has 1 unspecified atom stereocenters. The third-order valence-corrected chi connectivity index (χ3v) is 5.69. The number of nitrogens with zero attached hydrogens (tertiary/aromatic N) is 5. The summed E-state index contributed by atoms with van der Waals surface area (Å²) in [5, 5.41) is 9.42. The van der Waals surface area contributed by atoms with E-state index >= 15 is 0 Å². The SMILES string of the molecule is C.CN(CC(Nc1ncc(-c2nnc(C(F)F)o2)cn1)c1ccc(OC(F)F)cc1F)S(C)(=O)=O. The summed E-state index contributed by atoms with van der Waals surface area (Å²) >= 11 is 0. The van der Waals surface area contributed by atoms with E-state index in [0.717, 1.165) is 28.8 Å². The highest BCUT2D eigenvalue weighted by Crippen LogP contribution is 2.27. The Hall–Kier alpha value is -3.40. The number of hydrogen-bond donors (Lipinski definition) is 1. The molecule has 0 aliphatic rings. The first-order valence-electron chi connectivity index (χ1n) is 9.30. The van der Waals surface area contributed by atoms with Crippen molar-refractivity contribution in [3.05, 3.63) is 47.9 Å². The summed E-state index contributed by atoms with van der Waals surface area (Å²) in [5.41, 5.74) is 0.0395. The fourth-order valence-electron chi connectivity index (χ4n) is 2.69. The van der Waals surface area contributed by atoms with E-state index in [0.29, 0.717) is 0 Å². The number of halogens is 5. The molecular formula is C19H21F5N6O4S. The minimum Gasteiger partial charge on any atom is -0.435 e. The van der Waals surface area contributed by atoms with Crippen molar-refractivity contribution in [2.45, 2.75) is 26.5 Å². The molecule has 35 heavy (non-hydrogen) atoms. The highest BCUT2D eigenvalue weighted by Gasteiger charge is 2.24. The van der Waals surface area contributed by atoms with Crippen molar-refractivity contribution in [2.24, 2.45) is 0 Å². The smallest absolute Gasteiger partial charge is 0.387 e. The van der Waals surface area contributed by atoms with Gasteiger partial charge >= 0.3 is 13.0 Å². The van der Waals surface area contributed by atoms with Crippen LogP contribution in [0.5, 0.6) is 5.75 Å². The predicted molar refractivity (Wildman–Crippen MR) is 114 cm³/mol. The highest BCUT2D eigenvalue weighted by atomic mass is 32.2. The molecule has 16 heteroatoms. The van der Waals surface area contributed by atoms with Crippen LogP contribution in [0.25, 0.3) is 11.5 Å². The summed E-state index contributed by atoms with van der Waals surface area (Å²) in [4.78, 5) is 7.96. The van der Waals surface area contributed by atoms with E-state index in [1.165, 1.54) is 19.4 Å². The zero-order chi connectivity index (χ0) is 25.0. The van der Waals surface area contributed by atoms with Gasteiger partial charge < -0.3 is 14.5 Å². The molecule has 0 spiro atoms. The number of alkyl halides is 4. The van der Waals surface area contributed by atoms with Crippen LogP contribution in [0.2, 0.25) is 0 Å². The maximum atomic E-state index is 14.7. The normalized spacial score (nSPS) is 12.6. The number of rotatable bonds is 10. The van der Waals surface area contributed by atoms with Gasteiger partial charge in [0.2, 0.25) is 16.0 Å². The van der Waals surface area contributed by atoms with Crippen molar-refractivity contribution >= 4 is 16.0 Å². The Balaban J connectivity index is 0.00000432. The topological polar surface area (TPSA) is 123 Å². The molecule has 2 aromatic heterocycles. The molecule has 192 valence electrons. The van der Waals surface area contributed by atoms with E-state index < -0.39 is 46.6 Å². The number of aromatic nitrogens is 4. The lowest BCUT2D eigenvalue weighted by atomic mass is 10.1. The van der Waals surface area contributed by atoms with Crippen molar-refractivity contribution in [1.29, 1.82) is 0 Å². The Morgan fingerprint density at radius 3 is 2.31 bits per heavy atom. The first kappa shape index (κ1) is 27.8. The van der Waals surface area contributed by atoms with Gasteiger partial charge in [0.25, 0.3) is 11.8 Å². The third kappa shape index (κ3) is 7.29. The molecule has 10 nitrogen and oxygen atoms in total. The van der Waals surface area contributed by atoms with Crippen LogP contribution in [0.1, 0.15) is 31.3 Å². The second-order valence-corrected chi connectivity index (χ2v) is 8.93. The van der Waals surface area contributed by atoms with Gasteiger partial charge in [0.15, 0.2) is 0 Å². The lowest BCUT2D eigenvalue weighted by Gasteiger charge is -2.24. The van der Waals surface area contributed by atoms with Gasteiger partial charge in [-0.3, -0.25) is 0 Å². The summed E-state index contributed by atoms with van der Waals surface area (Å²) < 4.78 is 98.3. The van der Waals surface area contributed by atoms with Crippen LogP contribution >= 0.6 is 0 Å². The van der Waals surface area contributed by atoms with Gasteiger partial charge in [-0.15, -0.1) is 10.2 Å². The van der Waals surface area contributed by atoms with E-state index in [4.69, 9.17) is 4.42 Å². The Kier molecular flexibility index (Phi) is 9.03. The van der Waals surface area contributed by atoms with E-state index in [2.05, 4.69) is 30.2 Å². The molecule has 0 saturated carbocycles. The van der Waals surface area contributed by atoms with Crippen molar-refractivity contribution < 1.29 is 39.5 Å². The largest absolute Gasteiger partial charge is 0.435 e. The number of likely N-dealkylation sites (N-methyl/N-ethyl adjacent to an activating group) is 1. The number of nitrogens with one attached hydrogen (secondary N) is 1. The summed E-state index contributed by atoms with van der Waals surface area (Å²) in [5.74, 6) is -2.59. The quantitative estimate of drug-likeness (QED) is 0.394. The standard InChI is InChI=1S/C18H17F5N6O4S.CH4/c1-29(34(2,30)31)8-13(11-4-3-10(5-12(11)19)32-17(22)23)26-18-24-6-9(7-25-18)15-27-28-16(33-15)14(20)21;/h3-7,13-14,17H,8H2,1-2H3,(H,24,25,26);1H4. The molecule has 3 rings (SSSR count). The van der Waals surface area contributed by atoms with Gasteiger partial charge in [-0.05, 0) is 6.07 Å². The minimum absolute atomic E-state index is 0. The molecule has 0 aliphatic heterocycles. The summed E-state index contributed by atoms with van der Waals surface area (Å²) in [6.07, 6.45) is 0.336. The predicted octanol–water partition coefficient (Wildman–Crippen LogP) is 3.89. The number of ether oxygens (including phenoxy) is 1. The van der Waals surface area contributed by atoms with Gasteiger partial charge in [-0.2, -0.15) is 17.6 Å². The van der Waals surface area contributed by atoms with Crippen LogP contribution in [0.3, 0.4) is 0 Å². The van der Waals surface area contributed by atoms with Crippen molar-refractivity contribution in [3.8, 4) is 17.2 Å². The van der Waals surface area contributed by atoms with Crippen molar-refractivity contribution in [1.82, 2.24) is 24.5 Å². The van der Waals surface area contributed by atoms with Gasteiger partial charge in [-0.1, -0.05) is 13.5 Å². The lowest BCUT2D eigenvalue weighted by Crippen LogP contribution is -2.33. The number of anilines is 1. The third-order valence-electron chi connectivity index (χ3n) is 4.41. The summed E-state index contributed by atoms with van der Waals surface area (Å²) in [6, 6.07) is 1.93. The summed E-state index contributed by atoms with van der Waals surface area (Å²) in [6.45, 7) is -3.43. The van der Waals surface area contributed by atoms with Gasteiger partial charge in [-0.25, -0.2) is 27.1 Å². The second kappa shape index (κ2) is 11.4. The Morgan fingerprint density at radius 1 is 1.14 bits per heavy atom. The first-order valence-corrected chi connectivity index (χ1v) is 11.1. The molecule has 0 saturated heterocycles. The van der Waals surface area contributed by atoms with Crippen LogP contribution < -0.4 is 10.1 Å². The van der Waals surface area contributed by atoms with Crippen LogP contribution in [-0.4, -0.2) is 59.3 Å². The number of hydrogen-bond acceptors (Lipinski definition) is 9. The zero-order valence-electron chi connectivity index (χ0n) is 17.5. The molecule has 1 atom stereocenters. The molecule has 0 bridgehead atoms. The Bertz CT molecular complexity index is 1230. The molecule has 2 heterocycles. The number of benzene rings is 1. The minimum atomic E-state index is -3.67. The van der Waals surface area contributed by atoms with Crippen molar-refractivity contribution in [2.75, 3.05) is 25.2 Å². The van der Waals surface area contributed by atoms with E-state index in [9.17, 15) is 30.4 Å². The first-order chi connectivity index (χ1) is 15.9. The van der Waals surface area contributed by atoms with Crippen molar-refractivity contribution in [3.63, 3.8) is 0 Å². The zero-order valence-corrected chi connectivity index (χ0v) is 18.3. The van der Waals surface area contributed by atoms with E-state index in [1.807, 2.05) is 0 Å². The molecular weight excluding hydrogens is 503 g/mol. The average Bonchev–Trinajstić information content (AvgIpc) is 3.23. The van der Waals surface area contributed by atoms with E-state index in [-0.39, 0.29) is 36.9 Å². The van der Waals surface area contributed by atoms with Gasteiger partial charge in [0, 0.05) is 37.6 Å². The van der Waals surface area contributed by atoms with Gasteiger partial charge in [0.1, 0.15) is 11.6 Å². The maximum absolute atomic E-state index is 14.7. The van der Waals surface area contributed by atoms with E-state index in [1.54, 1.807) is 0 Å². The summed E-state index contributed by atoms with van der Waals surface area (Å²) in [7, 11) is -2.41. The molecule has 0 amide bonds. The Labute approximate surface area is 197 Å². The van der Waals surface area contributed by atoms with Crippen LogP contribution in [-0.2, 0) is 10.0 Å². The molecule has 1 aromatic carbocycles. The monoisotopic (exact) mass is 524 g/mol.